The van der Waals surface area contributed by atoms with E-state index in [0.717, 1.165) is 48.1 Å². The van der Waals surface area contributed by atoms with Crippen molar-refractivity contribution in [1.82, 2.24) is 10.2 Å². The van der Waals surface area contributed by atoms with Crippen LogP contribution < -0.4 is 14.8 Å². The van der Waals surface area contributed by atoms with Gasteiger partial charge in [-0.05, 0) is 52.4 Å². The Bertz CT molecular complexity index is 497. The minimum atomic E-state index is 0.461. The molecule has 1 heterocycles. The van der Waals surface area contributed by atoms with E-state index in [1.807, 2.05) is 0 Å². The van der Waals surface area contributed by atoms with Gasteiger partial charge in [-0.25, -0.2) is 0 Å². The van der Waals surface area contributed by atoms with E-state index in [4.69, 9.17) is 9.47 Å². The van der Waals surface area contributed by atoms with Crippen molar-refractivity contribution in [3.8, 4) is 11.5 Å². The normalized spacial score (nSPS) is 21.5. The monoisotopic (exact) mass is 396 g/mol. The van der Waals surface area contributed by atoms with E-state index in [2.05, 4.69) is 38.3 Å². The van der Waals surface area contributed by atoms with Crippen molar-refractivity contribution < 1.29 is 9.47 Å². The second-order valence-electron chi connectivity index (χ2n) is 6.87. The number of rotatable bonds is 5. The molecule has 1 aromatic rings. The summed E-state index contributed by atoms with van der Waals surface area (Å²) in [7, 11) is 3.45. The second-order valence-corrected chi connectivity index (χ2v) is 7.66. The summed E-state index contributed by atoms with van der Waals surface area (Å²) in [5, 5.41) is 3.48. The summed E-state index contributed by atoms with van der Waals surface area (Å²) in [6.07, 6.45) is 6.76. The van der Waals surface area contributed by atoms with Gasteiger partial charge >= 0.3 is 0 Å². The minimum Gasteiger partial charge on any atom is -0.495 e. The Balaban J connectivity index is 1.97. The first-order valence-electron chi connectivity index (χ1n) is 9.10. The van der Waals surface area contributed by atoms with Gasteiger partial charge in [0.05, 0.1) is 14.2 Å². The summed E-state index contributed by atoms with van der Waals surface area (Å²) in [6.45, 7) is 4.38. The molecule has 0 spiro atoms. The minimum absolute atomic E-state index is 0.461. The molecule has 24 heavy (non-hydrogen) atoms. The van der Waals surface area contributed by atoms with Gasteiger partial charge in [-0.1, -0.05) is 19.3 Å². The van der Waals surface area contributed by atoms with Gasteiger partial charge in [-0.3, -0.25) is 4.90 Å². The average molecular weight is 397 g/mol. The molecule has 134 valence electrons. The molecule has 0 amide bonds. The summed E-state index contributed by atoms with van der Waals surface area (Å²) in [5.74, 6) is 2.45. The number of piperazine rings is 1. The maximum Gasteiger partial charge on any atom is 0.137 e. The third-order valence-electron chi connectivity index (χ3n) is 5.45. The van der Waals surface area contributed by atoms with Gasteiger partial charge in [0.25, 0.3) is 0 Å². The van der Waals surface area contributed by atoms with Gasteiger partial charge in [0.1, 0.15) is 16.0 Å². The van der Waals surface area contributed by atoms with Crippen LogP contribution in [0.2, 0.25) is 0 Å². The van der Waals surface area contributed by atoms with E-state index in [1.165, 1.54) is 37.7 Å². The fourth-order valence-electron chi connectivity index (χ4n) is 4.25. The third kappa shape index (κ3) is 3.89. The molecular formula is C19H29BrN2O2. The zero-order valence-electron chi connectivity index (χ0n) is 14.8. The maximum absolute atomic E-state index is 5.60. The van der Waals surface area contributed by atoms with Gasteiger partial charge in [0.2, 0.25) is 0 Å². The zero-order valence-corrected chi connectivity index (χ0v) is 16.4. The number of hydrogen-bond acceptors (Lipinski definition) is 4. The number of benzene rings is 1. The van der Waals surface area contributed by atoms with Crippen LogP contribution in [0.1, 0.15) is 43.7 Å². The van der Waals surface area contributed by atoms with Gasteiger partial charge in [0.15, 0.2) is 0 Å². The van der Waals surface area contributed by atoms with Gasteiger partial charge < -0.3 is 14.8 Å². The van der Waals surface area contributed by atoms with Crippen molar-refractivity contribution in [2.45, 2.75) is 38.1 Å². The van der Waals surface area contributed by atoms with Crippen molar-refractivity contribution in [2.75, 3.05) is 40.4 Å². The fraction of sp³-hybridized carbons (Fsp3) is 0.684. The first-order valence-corrected chi connectivity index (χ1v) is 9.90. The summed E-state index contributed by atoms with van der Waals surface area (Å²) < 4.78 is 12.1. The van der Waals surface area contributed by atoms with Gasteiger partial charge in [-0.2, -0.15) is 0 Å². The largest absolute Gasteiger partial charge is 0.495 e. The lowest BCUT2D eigenvalue weighted by atomic mass is 9.80. The van der Waals surface area contributed by atoms with E-state index < -0.39 is 0 Å². The van der Waals surface area contributed by atoms with Crippen LogP contribution in [0, 0.1) is 5.92 Å². The lowest BCUT2D eigenvalue weighted by Crippen LogP contribution is -2.47. The summed E-state index contributed by atoms with van der Waals surface area (Å²) in [4.78, 5) is 2.66. The highest BCUT2D eigenvalue weighted by atomic mass is 79.9. The number of ether oxygens (including phenoxy) is 2. The summed E-state index contributed by atoms with van der Waals surface area (Å²) in [6, 6.07) is 4.87. The fourth-order valence-corrected chi connectivity index (χ4v) is 4.80. The van der Waals surface area contributed by atoms with Crippen LogP contribution in [0.3, 0.4) is 0 Å². The number of methoxy groups -OCH3 is 2. The topological polar surface area (TPSA) is 33.7 Å². The van der Waals surface area contributed by atoms with E-state index in [0.29, 0.717) is 6.04 Å². The molecule has 1 aromatic carbocycles. The Kier molecular flexibility index (Phi) is 6.42. The molecule has 0 unspecified atom stereocenters. The third-order valence-corrected chi connectivity index (χ3v) is 6.23. The Labute approximate surface area is 154 Å². The van der Waals surface area contributed by atoms with Gasteiger partial charge in [0, 0.05) is 32.2 Å². The highest BCUT2D eigenvalue weighted by Crippen LogP contribution is 2.43. The molecular weight excluding hydrogens is 368 g/mol. The number of nitrogens with zero attached hydrogens (tertiary/aromatic N) is 1. The van der Waals surface area contributed by atoms with Crippen molar-refractivity contribution in [3.05, 3.63) is 22.2 Å². The Morgan fingerprint density at radius 3 is 2.17 bits per heavy atom. The van der Waals surface area contributed by atoms with Crippen molar-refractivity contribution in [2.24, 2.45) is 5.92 Å². The molecule has 0 aromatic heterocycles. The summed E-state index contributed by atoms with van der Waals surface area (Å²) in [5.41, 5.74) is 1.33. The van der Waals surface area contributed by atoms with Crippen LogP contribution in [-0.4, -0.2) is 45.3 Å². The molecule has 1 saturated heterocycles. The molecule has 4 nitrogen and oxygen atoms in total. The molecule has 1 aliphatic carbocycles. The lowest BCUT2D eigenvalue weighted by molar-refractivity contribution is 0.103. The van der Waals surface area contributed by atoms with Crippen molar-refractivity contribution in [1.29, 1.82) is 0 Å². The average Bonchev–Trinajstić information content (AvgIpc) is 2.65. The molecule has 1 aliphatic heterocycles. The summed E-state index contributed by atoms with van der Waals surface area (Å²) >= 11 is 3.60. The van der Waals surface area contributed by atoms with Crippen LogP contribution in [-0.2, 0) is 0 Å². The van der Waals surface area contributed by atoms with E-state index in [1.54, 1.807) is 14.2 Å². The molecule has 1 saturated carbocycles. The van der Waals surface area contributed by atoms with Crippen LogP contribution in [0.5, 0.6) is 11.5 Å². The quantitative estimate of drug-likeness (QED) is 0.815. The van der Waals surface area contributed by atoms with E-state index in [-0.39, 0.29) is 0 Å². The lowest BCUT2D eigenvalue weighted by Gasteiger charge is -2.41. The number of nitrogens with one attached hydrogen (secondary N) is 1. The first-order chi connectivity index (χ1) is 11.7. The van der Waals surface area contributed by atoms with Crippen LogP contribution >= 0.6 is 15.9 Å². The SMILES string of the molecule is COc1cc([C@@H](C2CCCCC2)N2CCNCC2)cc(OC)c1Br. The molecule has 0 bridgehead atoms. The predicted octanol–water partition coefficient (Wildman–Crippen LogP) is 3.99. The second kappa shape index (κ2) is 8.54. The molecule has 1 atom stereocenters. The molecule has 3 rings (SSSR count). The Morgan fingerprint density at radius 1 is 1.04 bits per heavy atom. The predicted molar refractivity (Wildman–Crippen MR) is 101 cm³/mol. The van der Waals surface area contributed by atoms with Gasteiger partial charge in [-0.15, -0.1) is 0 Å². The van der Waals surface area contributed by atoms with Crippen LogP contribution in [0.4, 0.5) is 0 Å². The Hall–Kier alpha value is -0.780. The molecule has 0 radical (unpaired) electrons. The molecule has 5 heteroatoms. The van der Waals surface area contributed by atoms with Crippen molar-refractivity contribution in [3.63, 3.8) is 0 Å². The van der Waals surface area contributed by atoms with Crippen LogP contribution in [0.15, 0.2) is 16.6 Å². The standard InChI is InChI=1S/C19H29BrN2O2/c1-23-16-12-15(13-17(24-2)18(16)20)19(14-6-4-3-5-7-14)22-10-8-21-9-11-22/h12-14,19,21H,3-11H2,1-2H3/t19-/m1/s1. The van der Waals surface area contributed by atoms with E-state index >= 15 is 0 Å². The number of halogens is 1. The molecule has 1 N–H and O–H groups in total. The van der Waals surface area contributed by atoms with Crippen molar-refractivity contribution >= 4 is 15.9 Å². The molecule has 2 aliphatic rings. The smallest absolute Gasteiger partial charge is 0.137 e. The maximum atomic E-state index is 5.60. The highest BCUT2D eigenvalue weighted by Gasteiger charge is 2.32. The Morgan fingerprint density at radius 2 is 1.62 bits per heavy atom. The van der Waals surface area contributed by atoms with E-state index in [9.17, 15) is 0 Å². The first kappa shape index (κ1) is 18.0. The highest BCUT2D eigenvalue weighted by molar-refractivity contribution is 9.10. The number of hydrogen-bond donors (Lipinski definition) is 1. The van der Waals surface area contributed by atoms with Crippen LogP contribution in [0.25, 0.3) is 0 Å². The zero-order chi connectivity index (χ0) is 16.9. The molecule has 2 fully saturated rings.